The fraction of sp³-hybridized carbons (Fsp3) is 0.381. The molecular weight excluding hydrogens is 340 g/mol. The molecule has 0 atom stereocenters. The third-order valence-electron chi connectivity index (χ3n) is 4.61. The van der Waals surface area contributed by atoms with E-state index in [9.17, 15) is 4.79 Å². The van der Waals surface area contributed by atoms with Crippen LogP contribution in [0.25, 0.3) is 5.69 Å². The zero-order chi connectivity index (χ0) is 19.8. The summed E-state index contributed by atoms with van der Waals surface area (Å²) in [6, 6.07) is 9.93. The second kappa shape index (κ2) is 7.02. The molecule has 142 valence electrons. The molecule has 0 aliphatic carbocycles. The van der Waals surface area contributed by atoms with Crippen LogP contribution in [0.1, 0.15) is 49.0 Å². The number of aromatic nitrogens is 3. The molecule has 0 spiro atoms. The summed E-state index contributed by atoms with van der Waals surface area (Å²) in [4.78, 5) is 12.7. The van der Waals surface area contributed by atoms with Crippen LogP contribution in [-0.4, -0.2) is 20.8 Å². The number of carbonyl (C=O) groups is 1. The second-order valence-corrected chi connectivity index (χ2v) is 7.89. The number of amides is 1. The lowest BCUT2D eigenvalue weighted by molar-refractivity contribution is -0.115. The van der Waals surface area contributed by atoms with Crippen LogP contribution < -0.4 is 5.32 Å². The van der Waals surface area contributed by atoms with Gasteiger partial charge in [0.1, 0.15) is 11.6 Å². The summed E-state index contributed by atoms with van der Waals surface area (Å²) in [5.74, 6) is 1.20. The summed E-state index contributed by atoms with van der Waals surface area (Å²) in [5.41, 5.74) is 4.38. The minimum Gasteiger partial charge on any atom is -0.361 e. The number of hydrogen-bond acceptors (Lipinski definition) is 4. The maximum atomic E-state index is 12.7. The van der Waals surface area contributed by atoms with Crippen LogP contribution in [0.4, 0.5) is 5.82 Å². The van der Waals surface area contributed by atoms with Gasteiger partial charge in [-0.15, -0.1) is 0 Å². The normalized spacial score (nSPS) is 11.6. The van der Waals surface area contributed by atoms with Crippen LogP contribution in [0.3, 0.4) is 0 Å². The molecule has 6 heteroatoms. The number of rotatable bonds is 4. The van der Waals surface area contributed by atoms with Gasteiger partial charge in [0.05, 0.1) is 23.5 Å². The van der Waals surface area contributed by atoms with Gasteiger partial charge in [-0.25, -0.2) is 4.68 Å². The summed E-state index contributed by atoms with van der Waals surface area (Å²) < 4.78 is 6.96. The number of carbonyl (C=O) groups excluding carboxylic acids is 1. The first-order chi connectivity index (χ1) is 12.7. The lowest BCUT2D eigenvalue weighted by Gasteiger charge is -2.14. The Morgan fingerprint density at radius 2 is 1.89 bits per heavy atom. The Balaban J connectivity index is 1.95. The average Bonchev–Trinajstić information content (AvgIpc) is 3.14. The van der Waals surface area contributed by atoms with Gasteiger partial charge in [-0.05, 0) is 32.4 Å². The molecule has 1 aromatic carbocycles. The SMILES string of the molecule is Cc1ccccc1-n1nc(C(C)(C)C)cc1NC(=O)Cc1c(C)noc1C. The zero-order valence-corrected chi connectivity index (χ0v) is 16.8. The fourth-order valence-electron chi connectivity index (χ4n) is 2.92. The lowest BCUT2D eigenvalue weighted by Crippen LogP contribution is -2.18. The smallest absolute Gasteiger partial charge is 0.230 e. The first kappa shape index (κ1) is 18.9. The van der Waals surface area contributed by atoms with Gasteiger partial charge in [0.15, 0.2) is 0 Å². The van der Waals surface area contributed by atoms with Crippen molar-refractivity contribution in [3.63, 3.8) is 0 Å². The Hall–Kier alpha value is -2.89. The monoisotopic (exact) mass is 366 g/mol. The highest BCUT2D eigenvalue weighted by molar-refractivity contribution is 5.92. The van der Waals surface area contributed by atoms with Crippen molar-refractivity contribution < 1.29 is 9.32 Å². The molecule has 1 N–H and O–H groups in total. The van der Waals surface area contributed by atoms with Crippen molar-refractivity contribution in [3.05, 3.63) is 58.6 Å². The highest BCUT2D eigenvalue weighted by Gasteiger charge is 2.22. The second-order valence-electron chi connectivity index (χ2n) is 7.89. The van der Waals surface area contributed by atoms with E-state index in [1.54, 1.807) is 4.68 Å². The van der Waals surface area contributed by atoms with Gasteiger partial charge in [-0.3, -0.25) is 4.79 Å². The third kappa shape index (κ3) is 3.94. The fourth-order valence-corrected chi connectivity index (χ4v) is 2.92. The summed E-state index contributed by atoms with van der Waals surface area (Å²) >= 11 is 0. The predicted octanol–water partition coefficient (Wildman–Crippen LogP) is 4.26. The molecule has 0 saturated heterocycles. The molecule has 0 bridgehead atoms. The van der Waals surface area contributed by atoms with E-state index in [1.807, 2.05) is 51.1 Å². The Morgan fingerprint density at radius 3 is 2.48 bits per heavy atom. The molecule has 0 fully saturated rings. The minimum absolute atomic E-state index is 0.125. The minimum atomic E-state index is -0.130. The van der Waals surface area contributed by atoms with Crippen molar-refractivity contribution in [2.75, 3.05) is 5.32 Å². The number of hydrogen-bond donors (Lipinski definition) is 1. The molecule has 2 aromatic heterocycles. The van der Waals surface area contributed by atoms with Crippen LogP contribution in [0.15, 0.2) is 34.9 Å². The van der Waals surface area contributed by atoms with Crippen molar-refractivity contribution in [2.24, 2.45) is 0 Å². The van der Waals surface area contributed by atoms with Crippen LogP contribution in [0, 0.1) is 20.8 Å². The summed E-state index contributed by atoms with van der Waals surface area (Å²) in [7, 11) is 0. The molecule has 6 nitrogen and oxygen atoms in total. The number of anilines is 1. The van der Waals surface area contributed by atoms with E-state index in [-0.39, 0.29) is 17.7 Å². The molecule has 0 radical (unpaired) electrons. The van der Waals surface area contributed by atoms with Crippen molar-refractivity contribution in [1.29, 1.82) is 0 Å². The topological polar surface area (TPSA) is 73.0 Å². The van der Waals surface area contributed by atoms with Gasteiger partial charge in [0.2, 0.25) is 5.91 Å². The van der Waals surface area contributed by atoms with E-state index in [4.69, 9.17) is 9.62 Å². The maximum Gasteiger partial charge on any atom is 0.230 e. The van der Waals surface area contributed by atoms with Crippen LogP contribution in [0.2, 0.25) is 0 Å². The van der Waals surface area contributed by atoms with Crippen molar-refractivity contribution >= 4 is 11.7 Å². The Kier molecular flexibility index (Phi) is 4.91. The molecule has 0 aliphatic heterocycles. The number of para-hydroxylation sites is 1. The first-order valence-corrected chi connectivity index (χ1v) is 9.05. The van der Waals surface area contributed by atoms with Crippen LogP contribution in [0.5, 0.6) is 0 Å². The van der Waals surface area contributed by atoms with Gasteiger partial charge in [0.25, 0.3) is 0 Å². The van der Waals surface area contributed by atoms with E-state index in [0.717, 1.165) is 28.2 Å². The molecule has 0 aliphatic rings. The molecule has 0 unspecified atom stereocenters. The van der Waals surface area contributed by atoms with E-state index in [1.165, 1.54) is 0 Å². The number of nitrogens with zero attached hydrogens (tertiary/aromatic N) is 3. The van der Waals surface area contributed by atoms with Crippen LogP contribution >= 0.6 is 0 Å². The predicted molar refractivity (Wildman–Crippen MR) is 105 cm³/mol. The van der Waals surface area contributed by atoms with Gasteiger partial charge < -0.3 is 9.84 Å². The van der Waals surface area contributed by atoms with E-state index in [0.29, 0.717) is 11.6 Å². The lowest BCUT2D eigenvalue weighted by atomic mass is 9.92. The Morgan fingerprint density at radius 1 is 1.19 bits per heavy atom. The molecule has 27 heavy (non-hydrogen) atoms. The highest BCUT2D eigenvalue weighted by atomic mass is 16.5. The summed E-state index contributed by atoms with van der Waals surface area (Å²) in [5, 5.41) is 11.7. The molecule has 2 heterocycles. The summed E-state index contributed by atoms with van der Waals surface area (Å²) in [6.45, 7) is 12.0. The highest BCUT2D eigenvalue weighted by Crippen LogP contribution is 2.27. The van der Waals surface area contributed by atoms with Gasteiger partial charge in [-0.1, -0.05) is 44.1 Å². The standard InChI is InChI=1S/C21H26N4O2/c1-13-9-7-8-10-17(13)25-19(12-18(23-25)21(4,5)6)22-20(26)11-16-14(2)24-27-15(16)3/h7-10,12H,11H2,1-6H3,(H,22,26). The summed E-state index contributed by atoms with van der Waals surface area (Å²) in [6.07, 6.45) is 0.213. The number of nitrogens with one attached hydrogen (secondary N) is 1. The van der Waals surface area contributed by atoms with E-state index in [2.05, 4.69) is 31.2 Å². The molecule has 0 saturated carbocycles. The van der Waals surface area contributed by atoms with Gasteiger partial charge in [0, 0.05) is 17.0 Å². The zero-order valence-electron chi connectivity index (χ0n) is 16.8. The van der Waals surface area contributed by atoms with Crippen LogP contribution in [-0.2, 0) is 16.6 Å². The maximum absolute atomic E-state index is 12.7. The van der Waals surface area contributed by atoms with E-state index < -0.39 is 0 Å². The molecule has 3 aromatic rings. The quantitative estimate of drug-likeness (QED) is 0.748. The Bertz CT molecular complexity index is 957. The largest absolute Gasteiger partial charge is 0.361 e. The first-order valence-electron chi connectivity index (χ1n) is 9.05. The molecular formula is C21H26N4O2. The van der Waals surface area contributed by atoms with Crippen molar-refractivity contribution in [1.82, 2.24) is 14.9 Å². The number of benzene rings is 1. The number of aryl methyl sites for hydroxylation is 3. The Labute approximate surface area is 159 Å². The van der Waals surface area contributed by atoms with E-state index >= 15 is 0 Å². The van der Waals surface area contributed by atoms with Crippen molar-refractivity contribution in [2.45, 2.75) is 53.4 Å². The molecule has 3 rings (SSSR count). The average molecular weight is 366 g/mol. The van der Waals surface area contributed by atoms with Gasteiger partial charge >= 0.3 is 0 Å². The molecule has 1 amide bonds. The van der Waals surface area contributed by atoms with Gasteiger partial charge in [-0.2, -0.15) is 5.10 Å². The van der Waals surface area contributed by atoms with Crippen molar-refractivity contribution in [3.8, 4) is 5.69 Å². The third-order valence-corrected chi connectivity index (χ3v) is 4.61.